The standard InChI is InChI=1S/C9H14N4.2HI/c1-10-3-5-12(7-10)9-13-6-4-11(2)8-13;;/h3-8H,9H2,1-2H3;2*1H/q+2;;/p-2. The number of halogens is 2. The van der Waals surface area contributed by atoms with Gasteiger partial charge < -0.3 is 48.0 Å². The van der Waals surface area contributed by atoms with E-state index in [1.807, 2.05) is 35.6 Å². The highest BCUT2D eigenvalue weighted by molar-refractivity contribution is 4.71. The number of nitrogens with zero attached hydrogens (tertiary/aromatic N) is 4. The van der Waals surface area contributed by atoms with Crippen LogP contribution in [0.25, 0.3) is 0 Å². The van der Waals surface area contributed by atoms with Crippen molar-refractivity contribution in [3.05, 3.63) is 37.4 Å². The monoisotopic (exact) mass is 432 g/mol. The summed E-state index contributed by atoms with van der Waals surface area (Å²) >= 11 is 0. The summed E-state index contributed by atoms with van der Waals surface area (Å²) in [5.41, 5.74) is 0. The van der Waals surface area contributed by atoms with Crippen LogP contribution in [0.4, 0.5) is 0 Å². The van der Waals surface area contributed by atoms with Crippen molar-refractivity contribution in [2.75, 3.05) is 0 Å². The van der Waals surface area contributed by atoms with Gasteiger partial charge in [-0.25, -0.2) is 9.13 Å². The van der Waals surface area contributed by atoms with Gasteiger partial charge in [0.25, 0.3) is 0 Å². The van der Waals surface area contributed by atoms with Crippen LogP contribution in [0.5, 0.6) is 0 Å². The summed E-state index contributed by atoms with van der Waals surface area (Å²) in [6.07, 6.45) is 12.3. The van der Waals surface area contributed by atoms with E-state index in [2.05, 4.69) is 34.2 Å². The Kier molecular flexibility index (Phi) is 6.41. The van der Waals surface area contributed by atoms with Gasteiger partial charge in [-0.05, 0) is 0 Å². The van der Waals surface area contributed by atoms with Gasteiger partial charge in [0.1, 0.15) is 24.8 Å². The molecule has 0 aromatic carbocycles. The van der Waals surface area contributed by atoms with Crippen LogP contribution in [-0.4, -0.2) is 9.13 Å². The molecule has 15 heavy (non-hydrogen) atoms. The smallest absolute Gasteiger partial charge is 0.246 e. The van der Waals surface area contributed by atoms with E-state index >= 15 is 0 Å². The van der Waals surface area contributed by atoms with Crippen LogP contribution >= 0.6 is 0 Å². The van der Waals surface area contributed by atoms with Crippen LogP contribution in [0.2, 0.25) is 0 Å². The molecule has 84 valence electrons. The lowest BCUT2D eigenvalue weighted by atomic mass is 10.8. The molecule has 0 atom stereocenters. The minimum absolute atomic E-state index is 0. The Bertz CT molecular complexity index is 369. The average molecular weight is 432 g/mol. The van der Waals surface area contributed by atoms with Crippen molar-refractivity contribution in [1.29, 1.82) is 0 Å². The maximum Gasteiger partial charge on any atom is 0.246 e. The molecule has 4 nitrogen and oxygen atoms in total. The van der Waals surface area contributed by atoms with E-state index in [1.165, 1.54) is 0 Å². The van der Waals surface area contributed by atoms with Gasteiger partial charge in [-0.2, -0.15) is 9.13 Å². The molecule has 0 radical (unpaired) electrons. The summed E-state index contributed by atoms with van der Waals surface area (Å²) in [7, 11) is 4.04. The number of rotatable bonds is 2. The van der Waals surface area contributed by atoms with Crippen molar-refractivity contribution in [3.63, 3.8) is 0 Å². The second-order valence-electron chi connectivity index (χ2n) is 3.33. The normalized spacial score (nSPS) is 9.20. The largest absolute Gasteiger partial charge is 1.00 e. The zero-order valence-corrected chi connectivity index (χ0v) is 13.0. The molecule has 0 saturated carbocycles. The van der Waals surface area contributed by atoms with Gasteiger partial charge in [-0.1, -0.05) is 0 Å². The van der Waals surface area contributed by atoms with E-state index < -0.39 is 0 Å². The van der Waals surface area contributed by atoms with Crippen LogP contribution in [0.15, 0.2) is 37.4 Å². The lowest BCUT2D eigenvalue weighted by molar-refractivity contribution is -0.671. The molecule has 2 aromatic rings. The van der Waals surface area contributed by atoms with Crippen molar-refractivity contribution in [2.45, 2.75) is 6.67 Å². The molecule has 0 bridgehead atoms. The number of hydrogen-bond donors (Lipinski definition) is 0. The minimum atomic E-state index is 0. The summed E-state index contributed by atoms with van der Waals surface area (Å²) in [5.74, 6) is 0. The highest BCUT2D eigenvalue weighted by Gasteiger charge is 2.04. The molecule has 6 heteroatoms. The second kappa shape index (κ2) is 6.46. The number of imidazole rings is 2. The highest BCUT2D eigenvalue weighted by Crippen LogP contribution is 1.87. The Balaban J connectivity index is 0.000000980. The zero-order valence-electron chi connectivity index (χ0n) is 8.72. The summed E-state index contributed by atoms with van der Waals surface area (Å²) < 4.78 is 8.31. The molecular formula is C9H14I2N4. The molecule has 0 aliphatic rings. The number of hydrogen-bond acceptors (Lipinski definition) is 0. The predicted octanol–water partition coefficient (Wildman–Crippen LogP) is -6.55. The molecular weight excluding hydrogens is 418 g/mol. The Morgan fingerprint density at radius 3 is 1.53 bits per heavy atom. The lowest BCUT2D eigenvalue weighted by Gasteiger charge is -1.89. The summed E-state index contributed by atoms with van der Waals surface area (Å²) in [4.78, 5) is 0. The van der Waals surface area contributed by atoms with Crippen molar-refractivity contribution in [2.24, 2.45) is 14.1 Å². The summed E-state index contributed by atoms with van der Waals surface area (Å²) in [6, 6.07) is 0. The van der Waals surface area contributed by atoms with Gasteiger partial charge in [0, 0.05) is 0 Å². The molecule has 0 spiro atoms. The van der Waals surface area contributed by atoms with Crippen LogP contribution < -0.4 is 57.1 Å². The first-order chi connectivity index (χ1) is 6.24. The molecule has 2 rings (SSSR count). The number of aromatic nitrogens is 4. The van der Waals surface area contributed by atoms with E-state index in [0.29, 0.717) is 0 Å². The van der Waals surface area contributed by atoms with Crippen LogP contribution in [0.1, 0.15) is 0 Å². The molecule has 0 aliphatic heterocycles. The predicted molar refractivity (Wildman–Crippen MR) is 46.6 cm³/mol. The van der Waals surface area contributed by atoms with E-state index in [4.69, 9.17) is 0 Å². The van der Waals surface area contributed by atoms with Gasteiger partial charge >= 0.3 is 0 Å². The third-order valence-electron chi connectivity index (χ3n) is 1.97. The van der Waals surface area contributed by atoms with Crippen LogP contribution in [0, 0.1) is 0 Å². The molecule has 0 unspecified atom stereocenters. The van der Waals surface area contributed by atoms with E-state index in [0.717, 1.165) is 6.67 Å². The third-order valence-corrected chi connectivity index (χ3v) is 1.97. The average Bonchev–Trinajstić information content (AvgIpc) is 2.62. The Labute approximate surface area is 124 Å². The fourth-order valence-corrected chi connectivity index (χ4v) is 1.36. The van der Waals surface area contributed by atoms with Crippen molar-refractivity contribution >= 4 is 0 Å². The van der Waals surface area contributed by atoms with E-state index in [1.54, 1.807) is 0 Å². The topological polar surface area (TPSA) is 17.6 Å². The van der Waals surface area contributed by atoms with Crippen LogP contribution in [0.3, 0.4) is 0 Å². The van der Waals surface area contributed by atoms with E-state index in [9.17, 15) is 0 Å². The molecule has 0 amide bonds. The van der Waals surface area contributed by atoms with Crippen LogP contribution in [-0.2, 0) is 20.8 Å². The highest BCUT2D eigenvalue weighted by atomic mass is 127. The van der Waals surface area contributed by atoms with Crippen molar-refractivity contribution in [3.8, 4) is 0 Å². The van der Waals surface area contributed by atoms with Crippen molar-refractivity contribution in [1.82, 2.24) is 9.13 Å². The molecule has 0 N–H and O–H groups in total. The first-order valence-corrected chi connectivity index (χ1v) is 4.26. The van der Waals surface area contributed by atoms with Gasteiger partial charge in [-0.15, -0.1) is 0 Å². The first kappa shape index (κ1) is 14.9. The molecule has 0 fully saturated rings. The van der Waals surface area contributed by atoms with Gasteiger partial charge in [0.2, 0.25) is 19.3 Å². The Morgan fingerprint density at radius 1 is 0.867 bits per heavy atom. The maximum absolute atomic E-state index is 2.12. The quantitative estimate of drug-likeness (QED) is 0.332. The zero-order chi connectivity index (χ0) is 9.26. The van der Waals surface area contributed by atoms with Gasteiger partial charge in [-0.3, -0.25) is 0 Å². The minimum Gasteiger partial charge on any atom is -1.00 e. The molecule has 2 heterocycles. The third kappa shape index (κ3) is 4.09. The fraction of sp³-hybridized carbons (Fsp3) is 0.333. The van der Waals surface area contributed by atoms with E-state index in [-0.39, 0.29) is 48.0 Å². The maximum atomic E-state index is 2.12. The second-order valence-corrected chi connectivity index (χ2v) is 3.33. The molecule has 2 aromatic heterocycles. The SMILES string of the molecule is C[n+]1ccn(Cn2cc[n+](C)c2)c1.[I-].[I-]. The first-order valence-electron chi connectivity index (χ1n) is 4.26. The summed E-state index contributed by atoms with van der Waals surface area (Å²) in [5, 5.41) is 0. The van der Waals surface area contributed by atoms with Crippen molar-refractivity contribution < 1.29 is 57.1 Å². The Morgan fingerprint density at radius 2 is 1.27 bits per heavy atom. The molecule has 0 saturated heterocycles. The molecule has 0 aliphatic carbocycles. The Hall–Kier alpha value is -0.120. The fourth-order valence-electron chi connectivity index (χ4n) is 1.36. The summed E-state index contributed by atoms with van der Waals surface area (Å²) in [6.45, 7) is 0.863. The van der Waals surface area contributed by atoms with Gasteiger partial charge in [0.05, 0.1) is 14.1 Å². The van der Waals surface area contributed by atoms with Gasteiger partial charge in [0.15, 0.2) is 0 Å². The lowest BCUT2D eigenvalue weighted by Crippen LogP contribution is -3.00. The number of aryl methyl sites for hydroxylation is 2.